The maximum atomic E-state index is 12.8. The molecule has 0 saturated carbocycles. The SMILES string of the molecule is O=C(c1ccc(Nc2cccc(C(F)(F)F)c2)nn1)N1CCCCCC1. The average molecular weight is 364 g/mol. The largest absolute Gasteiger partial charge is 0.416 e. The number of amides is 1. The number of halogens is 3. The van der Waals surface area contributed by atoms with Gasteiger partial charge in [-0.1, -0.05) is 18.9 Å². The fourth-order valence-electron chi connectivity index (χ4n) is 2.87. The second-order valence-corrected chi connectivity index (χ2v) is 6.21. The molecule has 0 atom stereocenters. The number of hydrogen-bond donors (Lipinski definition) is 1. The van der Waals surface area contributed by atoms with Crippen molar-refractivity contribution in [2.24, 2.45) is 0 Å². The minimum Gasteiger partial charge on any atom is -0.339 e. The van der Waals surface area contributed by atoms with Crippen LogP contribution in [0, 0.1) is 0 Å². The number of hydrogen-bond acceptors (Lipinski definition) is 4. The Labute approximate surface area is 149 Å². The predicted octanol–water partition coefficient (Wildman–Crippen LogP) is 4.26. The molecule has 0 unspecified atom stereocenters. The third kappa shape index (κ3) is 4.50. The summed E-state index contributed by atoms with van der Waals surface area (Å²) in [6.45, 7) is 1.43. The smallest absolute Gasteiger partial charge is 0.339 e. The normalized spacial score (nSPS) is 15.4. The van der Waals surface area contributed by atoms with E-state index < -0.39 is 11.7 Å². The van der Waals surface area contributed by atoms with Crippen LogP contribution in [-0.2, 0) is 6.18 Å². The quantitative estimate of drug-likeness (QED) is 0.884. The van der Waals surface area contributed by atoms with Crippen LogP contribution in [0.1, 0.15) is 41.7 Å². The van der Waals surface area contributed by atoms with Crippen molar-refractivity contribution < 1.29 is 18.0 Å². The topological polar surface area (TPSA) is 58.1 Å². The summed E-state index contributed by atoms with van der Waals surface area (Å²) in [7, 11) is 0. The summed E-state index contributed by atoms with van der Waals surface area (Å²) >= 11 is 0. The summed E-state index contributed by atoms with van der Waals surface area (Å²) < 4.78 is 38.3. The van der Waals surface area contributed by atoms with Crippen LogP contribution < -0.4 is 5.32 Å². The zero-order valence-electron chi connectivity index (χ0n) is 14.1. The van der Waals surface area contributed by atoms with Gasteiger partial charge >= 0.3 is 6.18 Å². The van der Waals surface area contributed by atoms with Gasteiger partial charge in [0.05, 0.1) is 5.56 Å². The van der Waals surface area contributed by atoms with Crippen molar-refractivity contribution in [3.05, 3.63) is 47.7 Å². The standard InChI is InChI=1S/C18H19F3N4O/c19-18(20,21)13-6-5-7-14(12-13)22-16-9-8-15(23-24-16)17(26)25-10-3-1-2-4-11-25/h5-9,12H,1-4,10-11H2,(H,22,24). The second kappa shape index (κ2) is 7.72. The highest BCUT2D eigenvalue weighted by atomic mass is 19.4. The van der Waals surface area contributed by atoms with Gasteiger partial charge in [0.1, 0.15) is 0 Å². The predicted molar refractivity (Wildman–Crippen MR) is 91.1 cm³/mol. The van der Waals surface area contributed by atoms with Gasteiger partial charge in [-0.05, 0) is 43.2 Å². The van der Waals surface area contributed by atoms with Crippen molar-refractivity contribution in [3.63, 3.8) is 0 Å². The molecule has 5 nitrogen and oxygen atoms in total. The Morgan fingerprint density at radius 3 is 2.35 bits per heavy atom. The fraction of sp³-hybridized carbons (Fsp3) is 0.389. The van der Waals surface area contributed by atoms with Gasteiger partial charge in [0.25, 0.3) is 5.91 Å². The number of likely N-dealkylation sites (tertiary alicyclic amines) is 1. The van der Waals surface area contributed by atoms with Gasteiger partial charge < -0.3 is 10.2 Å². The number of nitrogens with one attached hydrogen (secondary N) is 1. The molecule has 0 aliphatic carbocycles. The molecule has 1 amide bonds. The highest BCUT2D eigenvalue weighted by molar-refractivity contribution is 5.92. The minimum absolute atomic E-state index is 0.162. The van der Waals surface area contributed by atoms with E-state index in [-0.39, 0.29) is 23.1 Å². The van der Waals surface area contributed by atoms with E-state index in [4.69, 9.17) is 0 Å². The Morgan fingerprint density at radius 2 is 1.73 bits per heavy atom. The second-order valence-electron chi connectivity index (χ2n) is 6.21. The number of carbonyl (C=O) groups excluding carboxylic acids is 1. The van der Waals surface area contributed by atoms with Crippen LogP contribution >= 0.6 is 0 Å². The molecule has 1 aliphatic heterocycles. The van der Waals surface area contributed by atoms with Gasteiger partial charge in [-0.2, -0.15) is 13.2 Å². The van der Waals surface area contributed by atoms with Crippen molar-refractivity contribution in [2.45, 2.75) is 31.9 Å². The Morgan fingerprint density at radius 1 is 1.00 bits per heavy atom. The molecule has 1 aromatic heterocycles. The van der Waals surface area contributed by atoms with E-state index in [1.54, 1.807) is 4.90 Å². The van der Waals surface area contributed by atoms with E-state index in [0.29, 0.717) is 13.1 Å². The molecule has 138 valence electrons. The van der Waals surface area contributed by atoms with Crippen LogP contribution in [0.2, 0.25) is 0 Å². The minimum atomic E-state index is -4.41. The summed E-state index contributed by atoms with van der Waals surface area (Å²) in [5, 5.41) is 10.6. The van der Waals surface area contributed by atoms with E-state index >= 15 is 0 Å². The van der Waals surface area contributed by atoms with Crippen LogP contribution in [0.25, 0.3) is 0 Å². The van der Waals surface area contributed by atoms with Crippen molar-refractivity contribution in [2.75, 3.05) is 18.4 Å². The molecule has 0 spiro atoms. The third-order valence-electron chi connectivity index (χ3n) is 4.24. The summed E-state index contributed by atoms with van der Waals surface area (Å²) in [6, 6.07) is 7.90. The first-order chi connectivity index (χ1) is 12.4. The summed E-state index contributed by atoms with van der Waals surface area (Å²) in [5.74, 6) is 0.113. The first-order valence-electron chi connectivity index (χ1n) is 8.51. The number of carbonyl (C=O) groups is 1. The Balaban J connectivity index is 1.69. The van der Waals surface area contributed by atoms with E-state index in [9.17, 15) is 18.0 Å². The molecular weight excluding hydrogens is 345 g/mol. The highest BCUT2D eigenvalue weighted by Gasteiger charge is 2.30. The van der Waals surface area contributed by atoms with Crippen molar-refractivity contribution in [1.82, 2.24) is 15.1 Å². The van der Waals surface area contributed by atoms with Crippen molar-refractivity contribution >= 4 is 17.4 Å². The molecule has 1 N–H and O–H groups in total. The lowest BCUT2D eigenvalue weighted by atomic mass is 10.2. The fourth-order valence-corrected chi connectivity index (χ4v) is 2.87. The van der Waals surface area contributed by atoms with Gasteiger partial charge in [0.2, 0.25) is 0 Å². The van der Waals surface area contributed by atoms with E-state index in [1.807, 2.05) is 0 Å². The number of benzene rings is 1. The Bertz CT molecular complexity index is 754. The van der Waals surface area contributed by atoms with Crippen molar-refractivity contribution in [3.8, 4) is 0 Å². The molecule has 1 aromatic carbocycles. The van der Waals surface area contributed by atoms with Crippen LogP contribution in [0.15, 0.2) is 36.4 Å². The van der Waals surface area contributed by atoms with Gasteiger partial charge in [-0.25, -0.2) is 0 Å². The van der Waals surface area contributed by atoms with E-state index in [2.05, 4.69) is 15.5 Å². The number of nitrogens with zero attached hydrogens (tertiary/aromatic N) is 3. The molecule has 1 aliphatic rings. The molecule has 1 fully saturated rings. The summed E-state index contributed by atoms with van der Waals surface area (Å²) in [5.41, 5.74) is -0.259. The lowest BCUT2D eigenvalue weighted by molar-refractivity contribution is -0.137. The lowest BCUT2D eigenvalue weighted by Gasteiger charge is -2.19. The summed E-state index contributed by atoms with van der Waals surface area (Å²) in [4.78, 5) is 14.2. The average Bonchev–Trinajstić information content (AvgIpc) is 2.91. The van der Waals surface area contributed by atoms with Crippen LogP contribution in [-0.4, -0.2) is 34.1 Å². The Kier molecular flexibility index (Phi) is 5.39. The third-order valence-corrected chi connectivity index (χ3v) is 4.24. The molecular formula is C18H19F3N4O. The zero-order chi connectivity index (χ0) is 18.6. The summed E-state index contributed by atoms with van der Waals surface area (Å²) in [6.07, 6.45) is -0.208. The number of rotatable bonds is 3. The highest BCUT2D eigenvalue weighted by Crippen LogP contribution is 2.31. The molecule has 0 bridgehead atoms. The molecule has 2 aromatic rings. The van der Waals surface area contributed by atoms with Gasteiger partial charge in [-0.3, -0.25) is 4.79 Å². The van der Waals surface area contributed by atoms with Gasteiger partial charge in [-0.15, -0.1) is 10.2 Å². The number of anilines is 2. The molecule has 8 heteroatoms. The molecule has 2 heterocycles. The monoisotopic (exact) mass is 364 g/mol. The number of alkyl halides is 3. The van der Waals surface area contributed by atoms with Gasteiger partial charge in [0, 0.05) is 18.8 Å². The van der Waals surface area contributed by atoms with E-state index in [0.717, 1.165) is 37.8 Å². The first kappa shape index (κ1) is 18.2. The lowest BCUT2D eigenvalue weighted by Crippen LogP contribution is -2.32. The molecule has 3 rings (SSSR count). The molecule has 1 saturated heterocycles. The van der Waals surface area contributed by atoms with Crippen LogP contribution in [0.4, 0.5) is 24.7 Å². The van der Waals surface area contributed by atoms with E-state index in [1.165, 1.54) is 24.3 Å². The zero-order valence-corrected chi connectivity index (χ0v) is 14.1. The first-order valence-corrected chi connectivity index (χ1v) is 8.51. The van der Waals surface area contributed by atoms with Crippen molar-refractivity contribution in [1.29, 1.82) is 0 Å². The van der Waals surface area contributed by atoms with Gasteiger partial charge in [0.15, 0.2) is 11.5 Å². The number of aromatic nitrogens is 2. The molecule has 0 radical (unpaired) electrons. The molecule has 26 heavy (non-hydrogen) atoms. The maximum absolute atomic E-state index is 12.8. The van der Waals surface area contributed by atoms with Crippen LogP contribution in [0.3, 0.4) is 0 Å². The Hall–Kier alpha value is -2.64. The maximum Gasteiger partial charge on any atom is 0.416 e. The van der Waals surface area contributed by atoms with Crippen LogP contribution in [0.5, 0.6) is 0 Å².